The van der Waals surface area contributed by atoms with E-state index in [0.717, 1.165) is 29.9 Å². The minimum Gasteiger partial charge on any atom is -0.504 e. The summed E-state index contributed by atoms with van der Waals surface area (Å²) in [6.07, 6.45) is 1.52. The molecule has 1 N–H and O–H groups in total. The summed E-state index contributed by atoms with van der Waals surface area (Å²) < 4.78 is 1.84. The van der Waals surface area contributed by atoms with Gasteiger partial charge in [-0.15, -0.1) is 0 Å². The Morgan fingerprint density at radius 3 is 2.29 bits per heavy atom. The predicted molar refractivity (Wildman–Crippen MR) is 68.7 cm³/mol. The zero-order valence-corrected chi connectivity index (χ0v) is 10.6. The summed E-state index contributed by atoms with van der Waals surface area (Å²) in [5.41, 5.74) is 3.87. The third-order valence-corrected chi connectivity index (χ3v) is 2.97. The molecule has 3 nitrogen and oxygen atoms in total. The quantitative estimate of drug-likeness (QED) is 0.880. The van der Waals surface area contributed by atoms with Gasteiger partial charge in [0.2, 0.25) is 0 Å². The highest BCUT2D eigenvalue weighted by atomic mass is 16.3. The Balaban J connectivity index is 2.54. The number of aromatic nitrogens is 2. The van der Waals surface area contributed by atoms with E-state index in [4.69, 9.17) is 0 Å². The molecule has 0 fully saturated rings. The van der Waals surface area contributed by atoms with Crippen molar-refractivity contribution in [3.63, 3.8) is 0 Å². The first-order chi connectivity index (χ1) is 8.17. The molecule has 1 heterocycles. The van der Waals surface area contributed by atoms with Crippen molar-refractivity contribution in [3.05, 3.63) is 41.2 Å². The molecule has 0 amide bonds. The predicted octanol–water partition coefficient (Wildman–Crippen LogP) is 3.01. The van der Waals surface area contributed by atoms with Crippen molar-refractivity contribution in [1.29, 1.82) is 0 Å². The van der Waals surface area contributed by atoms with Crippen LogP contribution in [0.3, 0.4) is 0 Å². The second kappa shape index (κ2) is 4.62. The fourth-order valence-electron chi connectivity index (χ4n) is 1.95. The van der Waals surface area contributed by atoms with Crippen molar-refractivity contribution < 1.29 is 5.11 Å². The lowest BCUT2D eigenvalue weighted by atomic mass is 10.2. The minimum atomic E-state index is 0.343. The van der Waals surface area contributed by atoms with E-state index < -0.39 is 0 Å². The molecule has 0 saturated heterocycles. The third-order valence-electron chi connectivity index (χ3n) is 2.97. The van der Waals surface area contributed by atoms with Crippen LogP contribution in [-0.4, -0.2) is 14.9 Å². The van der Waals surface area contributed by atoms with E-state index in [1.54, 1.807) is 0 Å². The monoisotopic (exact) mass is 230 g/mol. The molecule has 3 heteroatoms. The van der Waals surface area contributed by atoms with Crippen molar-refractivity contribution in [2.75, 3.05) is 0 Å². The van der Waals surface area contributed by atoms with Gasteiger partial charge in [-0.25, -0.2) is 4.68 Å². The van der Waals surface area contributed by atoms with Crippen LogP contribution in [0.15, 0.2) is 24.3 Å². The number of benzene rings is 1. The van der Waals surface area contributed by atoms with Crippen molar-refractivity contribution in [1.82, 2.24) is 9.78 Å². The van der Waals surface area contributed by atoms with Crippen LogP contribution in [0.4, 0.5) is 0 Å². The molecular weight excluding hydrogens is 212 g/mol. The first kappa shape index (κ1) is 11.7. The highest BCUT2D eigenvalue weighted by Crippen LogP contribution is 2.26. The van der Waals surface area contributed by atoms with E-state index in [-0.39, 0.29) is 0 Å². The van der Waals surface area contributed by atoms with E-state index in [1.807, 2.05) is 30.7 Å². The Kier molecular flexibility index (Phi) is 3.18. The Morgan fingerprint density at radius 2 is 1.76 bits per heavy atom. The van der Waals surface area contributed by atoms with E-state index in [1.165, 1.54) is 5.56 Å². The Labute approximate surface area is 102 Å². The van der Waals surface area contributed by atoms with Crippen LogP contribution in [0.1, 0.15) is 30.8 Å². The van der Waals surface area contributed by atoms with Crippen LogP contribution >= 0.6 is 0 Å². The van der Waals surface area contributed by atoms with E-state index in [9.17, 15) is 5.11 Å². The molecule has 0 aliphatic carbocycles. The summed E-state index contributed by atoms with van der Waals surface area (Å²) in [5.74, 6) is 0.343. The summed E-state index contributed by atoms with van der Waals surface area (Å²) in [7, 11) is 0. The molecule has 0 unspecified atom stereocenters. The number of aryl methyl sites for hydroxylation is 2. The second-order valence-corrected chi connectivity index (χ2v) is 4.20. The number of hydrogen-bond acceptors (Lipinski definition) is 2. The van der Waals surface area contributed by atoms with Gasteiger partial charge < -0.3 is 5.11 Å². The van der Waals surface area contributed by atoms with Crippen LogP contribution in [0, 0.1) is 6.92 Å². The standard InChI is InChI=1S/C14H18N2O/c1-4-12-14(17)13(5-2)16(15-12)11-8-6-10(3)7-9-11/h6-9,17H,4-5H2,1-3H3. The van der Waals surface area contributed by atoms with Gasteiger partial charge in [-0.05, 0) is 31.9 Å². The zero-order valence-electron chi connectivity index (χ0n) is 10.6. The first-order valence-electron chi connectivity index (χ1n) is 6.04. The fourth-order valence-corrected chi connectivity index (χ4v) is 1.95. The van der Waals surface area contributed by atoms with Crippen LogP contribution in [0.2, 0.25) is 0 Å². The average molecular weight is 230 g/mol. The topological polar surface area (TPSA) is 38.0 Å². The van der Waals surface area contributed by atoms with E-state index >= 15 is 0 Å². The van der Waals surface area contributed by atoms with Gasteiger partial charge in [0.25, 0.3) is 0 Å². The summed E-state index contributed by atoms with van der Waals surface area (Å²) in [6.45, 7) is 6.09. The van der Waals surface area contributed by atoms with E-state index in [2.05, 4.69) is 24.2 Å². The van der Waals surface area contributed by atoms with Gasteiger partial charge in [-0.2, -0.15) is 5.10 Å². The van der Waals surface area contributed by atoms with Gasteiger partial charge in [0.05, 0.1) is 11.4 Å². The summed E-state index contributed by atoms with van der Waals surface area (Å²) in [6, 6.07) is 8.17. The maximum atomic E-state index is 10.0. The Morgan fingerprint density at radius 1 is 1.12 bits per heavy atom. The third kappa shape index (κ3) is 2.05. The van der Waals surface area contributed by atoms with Crippen LogP contribution in [-0.2, 0) is 12.8 Å². The molecule has 0 radical (unpaired) electrons. The fraction of sp³-hybridized carbons (Fsp3) is 0.357. The van der Waals surface area contributed by atoms with Gasteiger partial charge in [-0.1, -0.05) is 31.5 Å². The van der Waals surface area contributed by atoms with Crippen LogP contribution in [0.25, 0.3) is 5.69 Å². The molecule has 0 aliphatic heterocycles. The molecule has 2 rings (SSSR count). The summed E-state index contributed by atoms with van der Waals surface area (Å²) in [5, 5.41) is 14.5. The smallest absolute Gasteiger partial charge is 0.160 e. The lowest BCUT2D eigenvalue weighted by Crippen LogP contribution is -2.01. The van der Waals surface area contributed by atoms with Crippen molar-refractivity contribution in [2.24, 2.45) is 0 Å². The lowest BCUT2D eigenvalue weighted by molar-refractivity contribution is 0.462. The zero-order chi connectivity index (χ0) is 12.4. The van der Waals surface area contributed by atoms with Crippen LogP contribution < -0.4 is 0 Å². The van der Waals surface area contributed by atoms with Gasteiger partial charge in [0, 0.05) is 0 Å². The van der Waals surface area contributed by atoms with Gasteiger partial charge in [0.15, 0.2) is 5.75 Å². The first-order valence-corrected chi connectivity index (χ1v) is 6.04. The Hall–Kier alpha value is -1.77. The molecule has 90 valence electrons. The number of nitrogens with zero attached hydrogens (tertiary/aromatic N) is 2. The van der Waals surface area contributed by atoms with E-state index in [0.29, 0.717) is 5.75 Å². The highest BCUT2D eigenvalue weighted by Gasteiger charge is 2.15. The maximum Gasteiger partial charge on any atom is 0.160 e. The molecule has 0 bridgehead atoms. The average Bonchev–Trinajstić information content (AvgIpc) is 2.66. The summed E-state index contributed by atoms with van der Waals surface area (Å²) in [4.78, 5) is 0. The molecule has 1 aromatic heterocycles. The molecule has 2 aromatic rings. The SMILES string of the molecule is CCc1nn(-c2ccc(C)cc2)c(CC)c1O. The molecule has 0 spiro atoms. The molecule has 17 heavy (non-hydrogen) atoms. The van der Waals surface area contributed by atoms with Gasteiger partial charge in [-0.3, -0.25) is 0 Å². The summed E-state index contributed by atoms with van der Waals surface area (Å²) >= 11 is 0. The molecular formula is C14H18N2O. The number of hydrogen-bond donors (Lipinski definition) is 1. The Bertz CT molecular complexity index is 512. The maximum absolute atomic E-state index is 10.0. The highest BCUT2D eigenvalue weighted by molar-refractivity contribution is 5.41. The van der Waals surface area contributed by atoms with Crippen molar-refractivity contribution in [2.45, 2.75) is 33.6 Å². The second-order valence-electron chi connectivity index (χ2n) is 4.20. The lowest BCUT2D eigenvalue weighted by Gasteiger charge is -2.05. The molecule has 0 saturated carbocycles. The number of aromatic hydroxyl groups is 1. The van der Waals surface area contributed by atoms with Crippen LogP contribution in [0.5, 0.6) is 5.75 Å². The van der Waals surface area contributed by atoms with Gasteiger partial charge >= 0.3 is 0 Å². The minimum absolute atomic E-state index is 0.343. The number of rotatable bonds is 3. The molecule has 1 aromatic carbocycles. The largest absolute Gasteiger partial charge is 0.504 e. The van der Waals surface area contributed by atoms with Crippen molar-refractivity contribution >= 4 is 0 Å². The normalized spacial score (nSPS) is 10.8. The molecule has 0 atom stereocenters. The van der Waals surface area contributed by atoms with Gasteiger partial charge in [0.1, 0.15) is 5.69 Å². The van der Waals surface area contributed by atoms with Crippen molar-refractivity contribution in [3.8, 4) is 11.4 Å². The molecule has 0 aliphatic rings.